The molecule has 1 saturated heterocycles. The molecule has 2 aromatic rings. The minimum atomic E-state index is -0.680. The Morgan fingerprint density at radius 2 is 2.17 bits per heavy atom. The fraction of sp³-hybridized carbons (Fsp3) is 0.375. The SMILES string of the molecule is CCc1nnc(NC(=O)[C@H]2COCC(=O)N2Cc2ccccc2)s1. The minimum absolute atomic E-state index is 0.00456. The van der Waals surface area contributed by atoms with Gasteiger partial charge in [0.1, 0.15) is 17.7 Å². The first-order valence-corrected chi connectivity index (χ1v) is 8.53. The van der Waals surface area contributed by atoms with Crippen LogP contribution in [-0.2, 0) is 27.3 Å². The summed E-state index contributed by atoms with van der Waals surface area (Å²) in [5, 5.41) is 11.9. The van der Waals surface area contributed by atoms with Gasteiger partial charge in [-0.15, -0.1) is 10.2 Å². The number of hydrogen-bond acceptors (Lipinski definition) is 6. The summed E-state index contributed by atoms with van der Waals surface area (Å²) in [4.78, 5) is 26.3. The van der Waals surface area contributed by atoms with E-state index in [-0.39, 0.29) is 25.0 Å². The number of nitrogens with one attached hydrogen (secondary N) is 1. The van der Waals surface area contributed by atoms with Gasteiger partial charge in [-0.2, -0.15) is 0 Å². The highest BCUT2D eigenvalue weighted by molar-refractivity contribution is 7.15. The zero-order valence-corrected chi connectivity index (χ0v) is 14.1. The van der Waals surface area contributed by atoms with Crippen LogP contribution in [0.1, 0.15) is 17.5 Å². The van der Waals surface area contributed by atoms with Crippen molar-refractivity contribution in [3.8, 4) is 0 Å². The van der Waals surface area contributed by atoms with Crippen LogP contribution in [0.15, 0.2) is 30.3 Å². The lowest BCUT2D eigenvalue weighted by atomic mass is 10.1. The van der Waals surface area contributed by atoms with Crippen molar-refractivity contribution in [3.63, 3.8) is 0 Å². The van der Waals surface area contributed by atoms with Gasteiger partial charge in [-0.05, 0) is 12.0 Å². The Balaban J connectivity index is 1.72. The van der Waals surface area contributed by atoms with Crippen molar-refractivity contribution in [2.75, 3.05) is 18.5 Å². The number of hydrogen-bond donors (Lipinski definition) is 1. The molecule has 0 aliphatic carbocycles. The Morgan fingerprint density at radius 3 is 2.88 bits per heavy atom. The molecule has 1 atom stereocenters. The largest absolute Gasteiger partial charge is 0.369 e. The van der Waals surface area contributed by atoms with E-state index in [0.29, 0.717) is 11.7 Å². The van der Waals surface area contributed by atoms with E-state index < -0.39 is 6.04 Å². The third-order valence-electron chi connectivity index (χ3n) is 3.70. The molecule has 1 aliphatic heterocycles. The molecule has 0 radical (unpaired) electrons. The van der Waals surface area contributed by atoms with E-state index in [4.69, 9.17) is 4.74 Å². The molecule has 0 unspecified atom stereocenters. The van der Waals surface area contributed by atoms with Crippen LogP contribution in [0.2, 0.25) is 0 Å². The molecule has 0 saturated carbocycles. The highest BCUT2D eigenvalue weighted by Crippen LogP contribution is 2.18. The van der Waals surface area contributed by atoms with Crippen molar-refractivity contribution in [2.45, 2.75) is 25.9 Å². The van der Waals surface area contributed by atoms with Gasteiger partial charge in [0, 0.05) is 6.54 Å². The van der Waals surface area contributed by atoms with Crippen molar-refractivity contribution in [3.05, 3.63) is 40.9 Å². The number of ether oxygens (including phenoxy) is 1. The average molecular weight is 346 g/mol. The van der Waals surface area contributed by atoms with Crippen LogP contribution in [0.3, 0.4) is 0 Å². The van der Waals surface area contributed by atoms with Crippen molar-refractivity contribution >= 4 is 28.3 Å². The molecular weight excluding hydrogens is 328 g/mol. The number of anilines is 1. The molecule has 1 aliphatic rings. The third kappa shape index (κ3) is 3.77. The third-order valence-corrected chi connectivity index (χ3v) is 4.68. The van der Waals surface area contributed by atoms with Gasteiger partial charge in [0.05, 0.1) is 6.61 Å². The molecule has 1 N–H and O–H groups in total. The lowest BCUT2D eigenvalue weighted by molar-refractivity contribution is -0.154. The van der Waals surface area contributed by atoms with E-state index in [9.17, 15) is 9.59 Å². The molecule has 0 bridgehead atoms. The average Bonchev–Trinajstić information content (AvgIpc) is 3.05. The Bertz CT molecular complexity index is 719. The summed E-state index contributed by atoms with van der Waals surface area (Å²) in [7, 11) is 0. The van der Waals surface area contributed by atoms with Gasteiger partial charge in [-0.1, -0.05) is 48.6 Å². The summed E-state index contributed by atoms with van der Waals surface area (Å²) in [6.45, 7) is 2.51. The predicted molar refractivity (Wildman–Crippen MR) is 89.5 cm³/mol. The number of carbonyl (C=O) groups excluding carboxylic acids is 2. The first-order chi connectivity index (χ1) is 11.7. The van der Waals surface area contributed by atoms with Crippen LogP contribution in [0.4, 0.5) is 5.13 Å². The van der Waals surface area contributed by atoms with Gasteiger partial charge in [0.2, 0.25) is 11.0 Å². The summed E-state index contributed by atoms with van der Waals surface area (Å²) in [6, 6.07) is 8.90. The van der Waals surface area contributed by atoms with Crippen LogP contribution in [0.25, 0.3) is 0 Å². The van der Waals surface area contributed by atoms with E-state index in [2.05, 4.69) is 15.5 Å². The van der Waals surface area contributed by atoms with Crippen LogP contribution in [-0.4, -0.2) is 46.2 Å². The number of benzene rings is 1. The monoisotopic (exact) mass is 346 g/mol. The first kappa shape index (κ1) is 16.5. The standard InChI is InChI=1S/C16H18N4O3S/c1-2-13-18-19-16(24-13)17-15(22)12-9-23-10-14(21)20(12)8-11-6-4-3-5-7-11/h3-7,12H,2,8-10H2,1H3,(H,17,19,22)/t12-/m1/s1. The topological polar surface area (TPSA) is 84.4 Å². The van der Waals surface area contributed by atoms with Gasteiger partial charge in [-0.3, -0.25) is 14.9 Å². The number of aromatic nitrogens is 2. The second-order valence-corrected chi connectivity index (χ2v) is 6.44. The predicted octanol–water partition coefficient (Wildman–Crippen LogP) is 1.47. The molecule has 0 spiro atoms. The highest BCUT2D eigenvalue weighted by atomic mass is 32.1. The zero-order chi connectivity index (χ0) is 16.9. The van der Waals surface area contributed by atoms with Crippen molar-refractivity contribution < 1.29 is 14.3 Å². The maximum Gasteiger partial charge on any atom is 0.251 e. The molecule has 126 valence electrons. The summed E-state index contributed by atoms with van der Waals surface area (Å²) in [5.74, 6) is -0.505. The first-order valence-electron chi connectivity index (χ1n) is 7.71. The Labute approximate surface area is 143 Å². The minimum Gasteiger partial charge on any atom is -0.369 e. The quantitative estimate of drug-likeness (QED) is 0.886. The van der Waals surface area contributed by atoms with Crippen molar-refractivity contribution in [1.29, 1.82) is 0 Å². The Morgan fingerprint density at radius 1 is 1.38 bits per heavy atom. The summed E-state index contributed by atoms with van der Waals surface area (Å²) in [5.41, 5.74) is 0.967. The molecule has 1 aromatic carbocycles. The van der Waals surface area contributed by atoms with Crippen molar-refractivity contribution in [1.82, 2.24) is 15.1 Å². The molecule has 24 heavy (non-hydrogen) atoms. The Kier molecular flexibility index (Phi) is 5.17. The van der Waals surface area contributed by atoms with Gasteiger partial charge in [0.15, 0.2) is 0 Å². The maximum absolute atomic E-state index is 12.6. The summed E-state index contributed by atoms with van der Waals surface area (Å²) < 4.78 is 5.26. The molecule has 1 aromatic heterocycles. The molecule has 7 nitrogen and oxygen atoms in total. The number of nitrogens with zero attached hydrogens (tertiary/aromatic N) is 3. The van der Waals surface area contributed by atoms with E-state index >= 15 is 0 Å². The second-order valence-electron chi connectivity index (χ2n) is 5.38. The fourth-order valence-corrected chi connectivity index (χ4v) is 3.12. The molecule has 8 heteroatoms. The molecular formula is C16H18N4O3S. The van der Waals surface area contributed by atoms with Crippen LogP contribution in [0, 0.1) is 0 Å². The molecule has 2 amide bonds. The number of carbonyl (C=O) groups is 2. The zero-order valence-electron chi connectivity index (χ0n) is 13.3. The number of amides is 2. The Hall–Kier alpha value is -2.32. The van der Waals surface area contributed by atoms with Gasteiger partial charge in [0.25, 0.3) is 5.91 Å². The van der Waals surface area contributed by atoms with Gasteiger partial charge >= 0.3 is 0 Å². The number of aryl methyl sites for hydroxylation is 1. The van der Waals surface area contributed by atoms with Gasteiger partial charge in [-0.25, -0.2) is 0 Å². The van der Waals surface area contributed by atoms with E-state index in [1.807, 2.05) is 37.3 Å². The smallest absolute Gasteiger partial charge is 0.251 e. The van der Waals surface area contributed by atoms with E-state index in [1.165, 1.54) is 11.3 Å². The van der Waals surface area contributed by atoms with Crippen LogP contribution >= 0.6 is 11.3 Å². The second kappa shape index (κ2) is 7.50. The molecule has 3 rings (SSSR count). The fourth-order valence-electron chi connectivity index (χ4n) is 2.44. The summed E-state index contributed by atoms with van der Waals surface area (Å²) in [6.07, 6.45) is 0.763. The molecule has 1 fully saturated rings. The van der Waals surface area contributed by atoms with Crippen molar-refractivity contribution in [2.24, 2.45) is 0 Å². The van der Waals surface area contributed by atoms with Gasteiger partial charge < -0.3 is 9.64 Å². The van der Waals surface area contributed by atoms with E-state index in [0.717, 1.165) is 17.0 Å². The normalized spacial score (nSPS) is 17.8. The van der Waals surface area contributed by atoms with Crippen LogP contribution < -0.4 is 5.32 Å². The van der Waals surface area contributed by atoms with E-state index in [1.54, 1.807) is 4.90 Å². The lowest BCUT2D eigenvalue weighted by Gasteiger charge is -2.34. The summed E-state index contributed by atoms with van der Waals surface area (Å²) >= 11 is 1.33. The highest BCUT2D eigenvalue weighted by Gasteiger charge is 2.34. The lowest BCUT2D eigenvalue weighted by Crippen LogP contribution is -2.54. The number of rotatable bonds is 5. The maximum atomic E-state index is 12.6. The molecule has 2 heterocycles. The van der Waals surface area contributed by atoms with Crippen LogP contribution in [0.5, 0.6) is 0 Å². The number of morpholine rings is 1.